The van der Waals surface area contributed by atoms with Crippen LogP contribution in [0.4, 0.5) is 28.8 Å². The Morgan fingerprint density at radius 2 is 1.64 bits per heavy atom. The number of aromatic nitrogens is 2. The molecular weight excluding hydrogens is 412 g/mol. The van der Waals surface area contributed by atoms with Gasteiger partial charge in [-0.25, -0.2) is 4.98 Å². The topological polar surface area (TPSA) is 56.8 Å². The lowest BCUT2D eigenvalue weighted by Crippen LogP contribution is -2.47. The number of aryl methyl sites for hydroxylation is 1. The highest BCUT2D eigenvalue weighted by atomic mass is 16.5. The zero-order valence-corrected chi connectivity index (χ0v) is 20.1. The molecule has 1 saturated heterocycles. The highest BCUT2D eigenvalue weighted by molar-refractivity contribution is 5.65. The van der Waals surface area contributed by atoms with Crippen molar-refractivity contribution in [3.8, 4) is 5.75 Å². The quantitative estimate of drug-likeness (QED) is 0.538. The molecule has 4 rings (SSSR count). The van der Waals surface area contributed by atoms with Crippen LogP contribution in [-0.2, 0) is 0 Å². The van der Waals surface area contributed by atoms with Crippen molar-refractivity contribution in [2.45, 2.75) is 20.8 Å². The Hall–Kier alpha value is -3.48. The zero-order chi connectivity index (χ0) is 23.2. The number of piperazine rings is 1. The lowest BCUT2D eigenvalue weighted by molar-refractivity contribution is 0.415. The maximum absolute atomic E-state index is 5.27. The molecule has 1 fully saturated rings. The van der Waals surface area contributed by atoms with Crippen LogP contribution in [-0.4, -0.2) is 56.3 Å². The summed E-state index contributed by atoms with van der Waals surface area (Å²) < 4.78 is 5.27. The summed E-state index contributed by atoms with van der Waals surface area (Å²) in [5.41, 5.74) is 4.80. The first-order valence-corrected chi connectivity index (χ1v) is 11.7. The number of nitrogens with zero attached hydrogens (tertiary/aromatic N) is 5. The average molecular weight is 447 g/mol. The molecule has 0 unspecified atom stereocenters. The Bertz CT molecular complexity index is 1040. The number of methoxy groups -OCH3 is 1. The number of ether oxygens (including phenoxy) is 1. The summed E-state index contributed by atoms with van der Waals surface area (Å²) in [6, 6.07) is 16.7. The van der Waals surface area contributed by atoms with Gasteiger partial charge in [-0.2, -0.15) is 4.98 Å². The number of anilines is 5. The summed E-state index contributed by atoms with van der Waals surface area (Å²) in [7, 11) is 1.69. The predicted molar refractivity (Wildman–Crippen MR) is 137 cm³/mol. The fourth-order valence-corrected chi connectivity index (χ4v) is 4.33. The van der Waals surface area contributed by atoms with Crippen molar-refractivity contribution in [2.75, 3.05) is 66.4 Å². The highest BCUT2D eigenvalue weighted by Gasteiger charge is 2.19. The predicted octanol–water partition coefficient (Wildman–Crippen LogP) is 4.71. The molecule has 33 heavy (non-hydrogen) atoms. The smallest absolute Gasteiger partial charge is 0.227 e. The van der Waals surface area contributed by atoms with Gasteiger partial charge in [-0.05, 0) is 74.9 Å². The number of hydrogen-bond acceptors (Lipinski definition) is 7. The lowest BCUT2D eigenvalue weighted by Gasteiger charge is -2.36. The summed E-state index contributed by atoms with van der Waals surface area (Å²) in [6.07, 6.45) is 1.83. The second-order valence-electron chi connectivity index (χ2n) is 8.21. The van der Waals surface area contributed by atoms with Crippen LogP contribution in [0.3, 0.4) is 0 Å². The van der Waals surface area contributed by atoms with Gasteiger partial charge in [0.25, 0.3) is 0 Å². The van der Waals surface area contributed by atoms with Crippen LogP contribution in [0.5, 0.6) is 5.75 Å². The number of benzene rings is 2. The van der Waals surface area contributed by atoms with E-state index in [4.69, 9.17) is 9.72 Å². The molecule has 1 aliphatic rings. The first kappa shape index (κ1) is 22.7. The number of rotatable bonds is 8. The van der Waals surface area contributed by atoms with Crippen LogP contribution in [0.25, 0.3) is 0 Å². The number of nitrogens with one attached hydrogen (secondary N) is 1. The van der Waals surface area contributed by atoms with E-state index in [1.165, 1.54) is 16.9 Å². The largest absolute Gasteiger partial charge is 0.497 e. The molecule has 0 saturated carbocycles. The van der Waals surface area contributed by atoms with Gasteiger partial charge < -0.3 is 24.8 Å². The third kappa shape index (κ3) is 5.30. The molecule has 0 bridgehead atoms. The molecular formula is C26H34N6O. The van der Waals surface area contributed by atoms with Crippen molar-refractivity contribution in [1.29, 1.82) is 0 Å². The van der Waals surface area contributed by atoms with Gasteiger partial charge in [-0.3, -0.25) is 0 Å². The first-order chi connectivity index (χ1) is 16.1. The Kier molecular flexibility index (Phi) is 7.17. The molecule has 3 aromatic rings. The van der Waals surface area contributed by atoms with Crippen molar-refractivity contribution in [1.82, 2.24) is 9.97 Å². The Morgan fingerprint density at radius 3 is 2.27 bits per heavy atom. The van der Waals surface area contributed by atoms with E-state index < -0.39 is 0 Å². The summed E-state index contributed by atoms with van der Waals surface area (Å²) >= 11 is 0. The van der Waals surface area contributed by atoms with E-state index in [-0.39, 0.29) is 0 Å². The SMILES string of the molecule is CCN(CC)c1ccc(Nc2ccnc(N3CCN(c4ccc(OC)cc4)CC3)n2)cc1C. The molecule has 7 nitrogen and oxygen atoms in total. The Balaban J connectivity index is 1.40. The fraction of sp³-hybridized carbons (Fsp3) is 0.385. The monoisotopic (exact) mass is 446 g/mol. The molecule has 2 aromatic carbocycles. The van der Waals surface area contributed by atoms with Gasteiger partial charge in [0.15, 0.2) is 0 Å². The van der Waals surface area contributed by atoms with Gasteiger partial charge >= 0.3 is 0 Å². The van der Waals surface area contributed by atoms with Crippen LogP contribution >= 0.6 is 0 Å². The van der Waals surface area contributed by atoms with Gasteiger partial charge in [-0.15, -0.1) is 0 Å². The minimum atomic E-state index is 0.769. The van der Waals surface area contributed by atoms with Gasteiger partial charge in [-0.1, -0.05) is 0 Å². The maximum Gasteiger partial charge on any atom is 0.227 e. The van der Waals surface area contributed by atoms with Crippen LogP contribution < -0.4 is 24.8 Å². The molecule has 0 amide bonds. The van der Waals surface area contributed by atoms with E-state index >= 15 is 0 Å². The Labute approximate surface area is 197 Å². The lowest BCUT2D eigenvalue weighted by atomic mass is 10.1. The van der Waals surface area contributed by atoms with E-state index in [1.54, 1.807) is 7.11 Å². The van der Waals surface area contributed by atoms with Crippen LogP contribution in [0, 0.1) is 6.92 Å². The summed E-state index contributed by atoms with van der Waals surface area (Å²) in [5.74, 6) is 2.46. The van der Waals surface area contributed by atoms with Gasteiger partial charge in [0.1, 0.15) is 11.6 Å². The summed E-state index contributed by atoms with van der Waals surface area (Å²) in [4.78, 5) is 16.3. The maximum atomic E-state index is 5.27. The third-order valence-electron chi connectivity index (χ3n) is 6.22. The molecule has 174 valence electrons. The van der Waals surface area contributed by atoms with Gasteiger partial charge in [0, 0.05) is 62.5 Å². The zero-order valence-electron chi connectivity index (χ0n) is 20.1. The fourth-order valence-electron chi connectivity index (χ4n) is 4.33. The highest BCUT2D eigenvalue weighted by Crippen LogP contribution is 2.26. The van der Waals surface area contributed by atoms with E-state index in [1.807, 2.05) is 24.4 Å². The van der Waals surface area contributed by atoms with E-state index in [2.05, 4.69) is 76.1 Å². The molecule has 1 N–H and O–H groups in total. The van der Waals surface area contributed by atoms with Crippen LogP contribution in [0.15, 0.2) is 54.7 Å². The molecule has 0 aliphatic carbocycles. The molecule has 7 heteroatoms. The van der Waals surface area contributed by atoms with Crippen molar-refractivity contribution in [3.63, 3.8) is 0 Å². The molecule has 1 aromatic heterocycles. The molecule has 0 atom stereocenters. The molecule has 0 radical (unpaired) electrons. The normalized spacial score (nSPS) is 13.7. The van der Waals surface area contributed by atoms with Crippen LogP contribution in [0.1, 0.15) is 19.4 Å². The van der Waals surface area contributed by atoms with Crippen molar-refractivity contribution in [3.05, 3.63) is 60.3 Å². The van der Waals surface area contributed by atoms with Crippen LogP contribution in [0.2, 0.25) is 0 Å². The Morgan fingerprint density at radius 1 is 0.939 bits per heavy atom. The van der Waals surface area contributed by atoms with E-state index in [0.29, 0.717) is 0 Å². The van der Waals surface area contributed by atoms with Crippen molar-refractivity contribution in [2.24, 2.45) is 0 Å². The molecule has 2 heterocycles. The van der Waals surface area contributed by atoms with Crippen molar-refractivity contribution < 1.29 is 4.74 Å². The van der Waals surface area contributed by atoms with E-state index in [0.717, 1.165) is 62.5 Å². The molecule has 1 aliphatic heterocycles. The third-order valence-corrected chi connectivity index (χ3v) is 6.22. The van der Waals surface area contributed by atoms with Gasteiger partial charge in [0.05, 0.1) is 7.11 Å². The number of hydrogen-bond donors (Lipinski definition) is 1. The average Bonchev–Trinajstić information content (AvgIpc) is 2.86. The second-order valence-corrected chi connectivity index (χ2v) is 8.21. The van der Waals surface area contributed by atoms with Gasteiger partial charge in [0.2, 0.25) is 5.95 Å². The standard InChI is InChI=1S/C26H34N6O/c1-5-30(6-2)24-12-7-21(19-20(24)3)28-25-13-14-27-26(29-25)32-17-15-31(16-18-32)22-8-10-23(33-4)11-9-22/h7-14,19H,5-6,15-18H2,1-4H3,(H,27,28,29). The first-order valence-electron chi connectivity index (χ1n) is 11.7. The van der Waals surface area contributed by atoms with E-state index in [9.17, 15) is 0 Å². The minimum Gasteiger partial charge on any atom is -0.497 e. The second kappa shape index (κ2) is 10.4. The van der Waals surface area contributed by atoms with Crippen molar-refractivity contribution >= 4 is 28.8 Å². The summed E-state index contributed by atoms with van der Waals surface area (Å²) in [5, 5.41) is 3.45. The summed E-state index contributed by atoms with van der Waals surface area (Å²) in [6.45, 7) is 12.2. The minimum absolute atomic E-state index is 0.769. The molecule has 0 spiro atoms.